The van der Waals surface area contributed by atoms with E-state index in [-0.39, 0.29) is 24.8 Å². The largest absolute Gasteiger partial charge is 0.496 e. The molecule has 0 unspecified atom stereocenters. The summed E-state index contributed by atoms with van der Waals surface area (Å²) in [6.45, 7) is 5.50. The Morgan fingerprint density at radius 1 is 1.24 bits per heavy atom. The highest BCUT2D eigenvalue weighted by Crippen LogP contribution is 2.26. The lowest BCUT2D eigenvalue weighted by molar-refractivity contribution is -0.121. The van der Waals surface area contributed by atoms with Crippen LogP contribution in [0.25, 0.3) is 0 Å². The van der Waals surface area contributed by atoms with Crippen molar-refractivity contribution in [3.63, 3.8) is 0 Å². The van der Waals surface area contributed by atoms with Crippen molar-refractivity contribution in [1.82, 2.24) is 15.3 Å². The topological polar surface area (TPSA) is 104 Å². The third-order valence-electron chi connectivity index (χ3n) is 4.09. The highest BCUT2D eigenvalue weighted by Gasteiger charge is 2.15. The van der Waals surface area contributed by atoms with Crippen molar-refractivity contribution >= 4 is 5.91 Å². The molecule has 2 aromatic rings. The molecule has 0 saturated heterocycles. The van der Waals surface area contributed by atoms with Gasteiger partial charge in [0.05, 0.1) is 13.2 Å². The average Bonchev–Trinajstić information content (AvgIpc) is 2.53. The van der Waals surface area contributed by atoms with Crippen LogP contribution in [0.3, 0.4) is 0 Å². The number of carbonyl (C=O) groups is 1. The van der Waals surface area contributed by atoms with Crippen LogP contribution in [0.15, 0.2) is 27.8 Å². The second-order valence-electron chi connectivity index (χ2n) is 6.05. The Morgan fingerprint density at radius 3 is 2.60 bits per heavy atom. The van der Waals surface area contributed by atoms with Gasteiger partial charge in [0.15, 0.2) is 0 Å². The Hall–Kier alpha value is -2.83. The molecular weight excluding hydrogens is 322 g/mol. The van der Waals surface area contributed by atoms with Gasteiger partial charge in [-0.1, -0.05) is 17.7 Å². The molecule has 1 atom stereocenters. The smallest absolute Gasteiger partial charge is 0.325 e. The summed E-state index contributed by atoms with van der Waals surface area (Å²) < 4.78 is 5.34. The van der Waals surface area contributed by atoms with Gasteiger partial charge in [-0.2, -0.15) is 0 Å². The Labute approximate surface area is 145 Å². The van der Waals surface area contributed by atoms with Crippen LogP contribution in [0.2, 0.25) is 0 Å². The first-order valence-corrected chi connectivity index (χ1v) is 8.07. The second kappa shape index (κ2) is 7.83. The van der Waals surface area contributed by atoms with Crippen LogP contribution in [-0.4, -0.2) is 23.0 Å². The predicted molar refractivity (Wildman–Crippen MR) is 95.0 cm³/mol. The maximum Gasteiger partial charge on any atom is 0.325 e. The number of hydrogen-bond donors (Lipinski definition) is 3. The quantitative estimate of drug-likeness (QED) is 0.738. The minimum atomic E-state index is -0.545. The van der Waals surface area contributed by atoms with Gasteiger partial charge in [-0.05, 0) is 33.3 Å². The Morgan fingerprint density at radius 2 is 1.96 bits per heavy atom. The molecule has 7 heteroatoms. The van der Waals surface area contributed by atoms with E-state index in [0.29, 0.717) is 17.0 Å². The first-order chi connectivity index (χ1) is 11.8. The number of methoxy groups -OCH3 is 1. The lowest BCUT2D eigenvalue weighted by Gasteiger charge is -2.18. The molecule has 0 fully saturated rings. The summed E-state index contributed by atoms with van der Waals surface area (Å²) in [5, 5.41) is 2.92. The number of hydrogen-bond acceptors (Lipinski definition) is 4. The molecule has 0 saturated carbocycles. The van der Waals surface area contributed by atoms with Gasteiger partial charge < -0.3 is 15.0 Å². The Kier molecular flexibility index (Phi) is 5.80. The summed E-state index contributed by atoms with van der Waals surface area (Å²) in [5.74, 6) is 0.535. The predicted octanol–water partition coefficient (Wildman–Crippen LogP) is 1.50. The van der Waals surface area contributed by atoms with Gasteiger partial charge in [0.2, 0.25) is 5.91 Å². The molecule has 0 radical (unpaired) electrons. The molecule has 1 amide bonds. The van der Waals surface area contributed by atoms with Crippen LogP contribution in [0.5, 0.6) is 5.75 Å². The molecule has 0 spiro atoms. The normalized spacial score (nSPS) is 11.8. The fourth-order valence-corrected chi connectivity index (χ4v) is 2.75. The summed E-state index contributed by atoms with van der Waals surface area (Å²) in [6.07, 6.45) is 0.399. The molecule has 1 aromatic carbocycles. The minimum absolute atomic E-state index is 0.147. The summed E-state index contributed by atoms with van der Waals surface area (Å²) >= 11 is 0. The molecule has 1 heterocycles. The molecular formula is C18H23N3O4. The lowest BCUT2D eigenvalue weighted by atomic mass is 10.0. The molecule has 0 aliphatic rings. The van der Waals surface area contributed by atoms with E-state index in [1.54, 1.807) is 14.0 Å². The first kappa shape index (κ1) is 18.5. The second-order valence-corrected chi connectivity index (χ2v) is 6.05. The highest BCUT2D eigenvalue weighted by atomic mass is 16.5. The van der Waals surface area contributed by atoms with E-state index < -0.39 is 11.2 Å². The average molecular weight is 345 g/mol. The number of benzene rings is 1. The zero-order valence-corrected chi connectivity index (χ0v) is 14.9. The molecule has 3 N–H and O–H groups in total. The zero-order chi connectivity index (χ0) is 18.6. The third kappa shape index (κ3) is 4.59. The van der Waals surface area contributed by atoms with E-state index in [9.17, 15) is 14.4 Å². The summed E-state index contributed by atoms with van der Waals surface area (Å²) in [6, 6.07) is 5.57. The van der Waals surface area contributed by atoms with Gasteiger partial charge in [-0.15, -0.1) is 0 Å². The van der Waals surface area contributed by atoms with Crippen molar-refractivity contribution in [2.45, 2.75) is 39.7 Å². The number of carbonyl (C=O) groups excluding carboxylic acids is 1. The third-order valence-corrected chi connectivity index (χ3v) is 4.09. The highest BCUT2D eigenvalue weighted by molar-refractivity contribution is 5.76. The summed E-state index contributed by atoms with van der Waals surface area (Å²) in [7, 11) is 1.59. The zero-order valence-electron chi connectivity index (χ0n) is 14.9. The van der Waals surface area contributed by atoms with E-state index in [1.165, 1.54) is 0 Å². The SMILES string of the molecule is COc1ccc(C)cc1[C@@H](C)NC(=O)CCc1c(C)[nH]c(=O)[nH]c1=O. The van der Waals surface area contributed by atoms with E-state index in [1.807, 2.05) is 32.0 Å². The van der Waals surface area contributed by atoms with Crippen molar-refractivity contribution in [2.75, 3.05) is 7.11 Å². The number of aryl methyl sites for hydroxylation is 2. The van der Waals surface area contributed by atoms with Crippen LogP contribution in [-0.2, 0) is 11.2 Å². The standard InChI is InChI=1S/C18H23N3O4/c1-10-5-7-15(25-4)14(9-10)12(3)19-16(22)8-6-13-11(2)20-18(24)21-17(13)23/h5,7,9,12H,6,8H2,1-4H3,(H,19,22)(H2,20,21,23,24)/t12-/m1/s1. The number of H-pyrrole nitrogens is 2. The molecule has 0 bridgehead atoms. The van der Waals surface area contributed by atoms with Crippen LogP contribution in [0.4, 0.5) is 0 Å². The molecule has 0 aliphatic heterocycles. The van der Waals surface area contributed by atoms with Crippen molar-refractivity contribution in [3.05, 3.63) is 61.4 Å². The fraction of sp³-hybridized carbons (Fsp3) is 0.389. The number of amides is 1. The van der Waals surface area contributed by atoms with Crippen molar-refractivity contribution in [3.8, 4) is 5.75 Å². The van der Waals surface area contributed by atoms with Gasteiger partial charge >= 0.3 is 5.69 Å². The van der Waals surface area contributed by atoms with Gasteiger partial charge in [-0.25, -0.2) is 4.79 Å². The fourth-order valence-electron chi connectivity index (χ4n) is 2.75. The number of nitrogens with one attached hydrogen (secondary N) is 3. The summed E-state index contributed by atoms with van der Waals surface area (Å²) in [4.78, 5) is 40.0. The number of rotatable bonds is 6. The summed E-state index contributed by atoms with van der Waals surface area (Å²) in [5.41, 5.74) is 1.87. The van der Waals surface area contributed by atoms with Crippen LogP contribution < -0.4 is 21.3 Å². The van der Waals surface area contributed by atoms with Crippen molar-refractivity contribution < 1.29 is 9.53 Å². The Balaban J connectivity index is 2.05. The molecule has 0 aliphatic carbocycles. The van der Waals surface area contributed by atoms with E-state index >= 15 is 0 Å². The van der Waals surface area contributed by atoms with Crippen molar-refractivity contribution in [1.29, 1.82) is 0 Å². The van der Waals surface area contributed by atoms with Gasteiger partial charge in [0, 0.05) is 23.2 Å². The number of aromatic nitrogens is 2. The van der Waals surface area contributed by atoms with Gasteiger partial charge in [-0.3, -0.25) is 14.6 Å². The van der Waals surface area contributed by atoms with Crippen LogP contribution in [0, 0.1) is 13.8 Å². The van der Waals surface area contributed by atoms with E-state index in [0.717, 1.165) is 11.1 Å². The van der Waals surface area contributed by atoms with Crippen molar-refractivity contribution in [2.24, 2.45) is 0 Å². The monoisotopic (exact) mass is 345 g/mol. The van der Waals surface area contributed by atoms with E-state index in [2.05, 4.69) is 15.3 Å². The lowest BCUT2D eigenvalue weighted by Crippen LogP contribution is -2.30. The van der Waals surface area contributed by atoms with E-state index in [4.69, 9.17) is 4.74 Å². The first-order valence-electron chi connectivity index (χ1n) is 8.07. The molecule has 7 nitrogen and oxygen atoms in total. The van der Waals surface area contributed by atoms with Crippen LogP contribution >= 0.6 is 0 Å². The maximum absolute atomic E-state index is 12.2. The number of aromatic amines is 2. The van der Waals surface area contributed by atoms with Gasteiger partial charge in [0.1, 0.15) is 5.75 Å². The minimum Gasteiger partial charge on any atom is -0.496 e. The van der Waals surface area contributed by atoms with Crippen LogP contribution in [0.1, 0.15) is 41.8 Å². The molecule has 2 rings (SSSR count). The molecule has 134 valence electrons. The Bertz CT molecular complexity index is 883. The number of ether oxygens (including phenoxy) is 1. The van der Waals surface area contributed by atoms with Gasteiger partial charge in [0.25, 0.3) is 5.56 Å². The maximum atomic E-state index is 12.2. The molecule has 1 aromatic heterocycles. The molecule has 25 heavy (non-hydrogen) atoms.